The van der Waals surface area contributed by atoms with Crippen molar-refractivity contribution in [2.75, 3.05) is 12.4 Å². The first kappa shape index (κ1) is 21.6. The van der Waals surface area contributed by atoms with E-state index in [9.17, 15) is 4.79 Å². The molecule has 1 amide bonds. The number of hydrogen-bond donors (Lipinski definition) is 1. The summed E-state index contributed by atoms with van der Waals surface area (Å²) in [5, 5.41) is 3.54. The van der Waals surface area contributed by atoms with E-state index in [4.69, 9.17) is 4.74 Å². The van der Waals surface area contributed by atoms with Gasteiger partial charge in [-0.1, -0.05) is 55.7 Å². The Hall–Kier alpha value is -3.27. The van der Waals surface area contributed by atoms with Crippen LogP contribution in [0.3, 0.4) is 0 Å². The highest BCUT2D eigenvalue weighted by Crippen LogP contribution is 2.33. The molecule has 4 nitrogen and oxygen atoms in total. The second-order valence-electron chi connectivity index (χ2n) is 9.31. The lowest BCUT2D eigenvalue weighted by Gasteiger charge is -2.22. The number of amides is 1. The smallest absolute Gasteiger partial charge is 0.254 e. The number of nitrogens with one attached hydrogen (secondary N) is 1. The summed E-state index contributed by atoms with van der Waals surface area (Å²) in [7, 11) is 1.66. The second-order valence-corrected chi connectivity index (χ2v) is 9.31. The molecule has 1 saturated carbocycles. The predicted molar refractivity (Wildman–Crippen MR) is 133 cm³/mol. The van der Waals surface area contributed by atoms with Crippen LogP contribution in [0.25, 0.3) is 0 Å². The van der Waals surface area contributed by atoms with Crippen LogP contribution in [0.1, 0.15) is 70.6 Å². The molecule has 170 valence electrons. The molecule has 0 saturated heterocycles. The Morgan fingerprint density at radius 3 is 2.36 bits per heavy atom. The Morgan fingerprint density at radius 2 is 1.64 bits per heavy atom. The van der Waals surface area contributed by atoms with Crippen LogP contribution in [0, 0.1) is 0 Å². The molecule has 33 heavy (non-hydrogen) atoms. The number of nitrogens with zero attached hydrogens (tertiary/aromatic N) is 1. The molecule has 0 aromatic heterocycles. The maximum atomic E-state index is 12.9. The van der Waals surface area contributed by atoms with Gasteiger partial charge in [0.1, 0.15) is 5.75 Å². The molecule has 3 aromatic rings. The fourth-order valence-electron chi connectivity index (χ4n) is 5.12. The summed E-state index contributed by atoms with van der Waals surface area (Å²) in [5.74, 6) is 1.68. The molecular weight excluding hydrogens is 408 g/mol. The van der Waals surface area contributed by atoms with Gasteiger partial charge in [0, 0.05) is 30.9 Å². The minimum absolute atomic E-state index is 0.102. The van der Waals surface area contributed by atoms with Gasteiger partial charge in [-0.2, -0.15) is 0 Å². The van der Waals surface area contributed by atoms with Gasteiger partial charge < -0.3 is 15.0 Å². The molecule has 0 spiro atoms. The van der Waals surface area contributed by atoms with Gasteiger partial charge in [0.25, 0.3) is 5.91 Å². The van der Waals surface area contributed by atoms with Crippen LogP contribution in [-0.2, 0) is 19.6 Å². The Kier molecular flexibility index (Phi) is 6.34. The molecule has 0 atom stereocenters. The molecule has 0 bridgehead atoms. The van der Waals surface area contributed by atoms with Crippen LogP contribution >= 0.6 is 0 Å². The van der Waals surface area contributed by atoms with Gasteiger partial charge >= 0.3 is 0 Å². The average Bonchev–Trinajstić information content (AvgIpc) is 3.18. The van der Waals surface area contributed by atoms with Gasteiger partial charge in [0.05, 0.1) is 7.11 Å². The van der Waals surface area contributed by atoms with Crippen molar-refractivity contribution < 1.29 is 9.53 Å². The van der Waals surface area contributed by atoms with Crippen LogP contribution in [0.5, 0.6) is 5.75 Å². The van der Waals surface area contributed by atoms with Crippen molar-refractivity contribution in [2.45, 2.75) is 57.7 Å². The van der Waals surface area contributed by atoms with E-state index in [2.05, 4.69) is 35.6 Å². The van der Waals surface area contributed by atoms with Crippen LogP contribution in [0.4, 0.5) is 5.69 Å². The van der Waals surface area contributed by atoms with Crippen molar-refractivity contribution in [1.82, 2.24) is 4.90 Å². The second kappa shape index (κ2) is 9.70. The van der Waals surface area contributed by atoms with Crippen molar-refractivity contribution in [3.05, 3.63) is 94.5 Å². The maximum Gasteiger partial charge on any atom is 0.254 e. The van der Waals surface area contributed by atoms with Gasteiger partial charge in [0.15, 0.2) is 0 Å². The molecule has 3 aromatic carbocycles. The minimum Gasteiger partial charge on any atom is -0.497 e. The highest BCUT2D eigenvalue weighted by Gasteiger charge is 2.27. The molecule has 5 rings (SSSR count). The van der Waals surface area contributed by atoms with Crippen LogP contribution in [-0.4, -0.2) is 17.9 Å². The van der Waals surface area contributed by atoms with Gasteiger partial charge in [0.2, 0.25) is 0 Å². The normalized spacial score (nSPS) is 16.0. The van der Waals surface area contributed by atoms with Gasteiger partial charge in [-0.25, -0.2) is 0 Å². The Bertz CT molecular complexity index is 1100. The molecular formula is C29H32N2O2. The summed E-state index contributed by atoms with van der Waals surface area (Å²) in [6.07, 6.45) is 6.80. The fraction of sp³-hybridized carbons (Fsp3) is 0.345. The van der Waals surface area contributed by atoms with E-state index in [-0.39, 0.29) is 5.91 Å². The number of ether oxygens (including phenoxy) is 1. The summed E-state index contributed by atoms with van der Waals surface area (Å²) in [4.78, 5) is 14.8. The van der Waals surface area contributed by atoms with Crippen molar-refractivity contribution in [2.24, 2.45) is 0 Å². The number of fused-ring (bicyclic) bond motifs is 1. The van der Waals surface area contributed by atoms with Crippen LogP contribution < -0.4 is 10.1 Å². The SMILES string of the molecule is COc1ccc(CN2Cc3cc(NCc4ccc(C5CCCCC5)cc4)ccc3C2=O)cc1. The third-order valence-corrected chi connectivity index (χ3v) is 7.07. The Labute approximate surface area is 196 Å². The van der Waals surface area contributed by atoms with E-state index in [1.165, 1.54) is 43.2 Å². The van der Waals surface area contributed by atoms with E-state index in [1.807, 2.05) is 41.3 Å². The first-order valence-corrected chi connectivity index (χ1v) is 12.1. The molecule has 1 N–H and O–H groups in total. The largest absolute Gasteiger partial charge is 0.497 e. The maximum absolute atomic E-state index is 12.9. The number of methoxy groups -OCH3 is 1. The molecule has 1 aliphatic heterocycles. The molecule has 1 fully saturated rings. The van der Waals surface area contributed by atoms with Crippen molar-refractivity contribution >= 4 is 11.6 Å². The van der Waals surface area contributed by atoms with Crippen LogP contribution in [0.15, 0.2) is 66.7 Å². The van der Waals surface area contributed by atoms with E-state index in [1.54, 1.807) is 7.11 Å². The third kappa shape index (κ3) is 4.90. The predicted octanol–water partition coefficient (Wildman–Crippen LogP) is 6.51. The average molecular weight is 441 g/mol. The van der Waals surface area contributed by atoms with E-state index >= 15 is 0 Å². The highest BCUT2D eigenvalue weighted by molar-refractivity contribution is 5.98. The monoisotopic (exact) mass is 440 g/mol. The number of anilines is 1. The van der Waals surface area contributed by atoms with Crippen molar-refractivity contribution in [3.8, 4) is 5.75 Å². The standard InChI is InChI=1S/C29H32N2O2/c1-33-27-14-9-22(10-15-27)19-31-20-25-17-26(13-16-28(25)29(31)32)30-18-21-7-11-24(12-8-21)23-5-3-2-4-6-23/h7-17,23,30H,2-6,18-20H2,1H3. The highest BCUT2D eigenvalue weighted by atomic mass is 16.5. The van der Waals surface area contributed by atoms with E-state index in [0.29, 0.717) is 13.1 Å². The third-order valence-electron chi connectivity index (χ3n) is 7.07. The number of hydrogen-bond acceptors (Lipinski definition) is 3. The molecule has 0 unspecified atom stereocenters. The number of rotatable bonds is 7. The van der Waals surface area contributed by atoms with Gasteiger partial charge in [-0.15, -0.1) is 0 Å². The van der Waals surface area contributed by atoms with Gasteiger partial charge in [-0.05, 0) is 71.3 Å². The lowest BCUT2D eigenvalue weighted by atomic mass is 9.84. The zero-order valence-electron chi connectivity index (χ0n) is 19.3. The molecule has 1 heterocycles. The zero-order valence-corrected chi connectivity index (χ0v) is 19.3. The minimum atomic E-state index is 0.102. The van der Waals surface area contributed by atoms with E-state index < -0.39 is 0 Å². The van der Waals surface area contributed by atoms with Crippen LogP contribution in [0.2, 0.25) is 0 Å². The molecule has 1 aliphatic carbocycles. The number of benzene rings is 3. The fourth-order valence-corrected chi connectivity index (χ4v) is 5.12. The lowest BCUT2D eigenvalue weighted by Crippen LogP contribution is -2.23. The summed E-state index contributed by atoms with van der Waals surface area (Å²) in [6.45, 7) is 2.03. The van der Waals surface area contributed by atoms with Gasteiger partial charge in [-0.3, -0.25) is 4.79 Å². The topological polar surface area (TPSA) is 41.6 Å². The first-order valence-electron chi connectivity index (χ1n) is 12.1. The van der Waals surface area contributed by atoms with Crippen molar-refractivity contribution in [3.63, 3.8) is 0 Å². The summed E-state index contributed by atoms with van der Waals surface area (Å²) in [6, 6.07) is 23.1. The quantitative estimate of drug-likeness (QED) is 0.455. The first-order chi connectivity index (χ1) is 16.2. The molecule has 4 heteroatoms. The Balaban J connectivity index is 1.19. The molecule has 2 aliphatic rings. The number of carbonyl (C=O) groups is 1. The summed E-state index contributed by atoms with van der Waals surface area (Å²) in [5.41, 5.74) is 6.84. The van der Waals surface area contributed by atoms with Crippen molar-refractivity contribution in [1.29, 1.82) is 0 Å². The molecule has 0 radical (unpaired) electrons. The van der Waals surface area contributed by atoms with E-state index in [0.717, 1.165) is 40.6 Å². The Morgan fingerprint density at radius 1 is 0.909 bits per heavy atom. The zero-order chi connectivity index (χ0) is 22.6. The summed E-state index contributed by atoms with van der Waals surface area (Å²) >= 11 is 0. The number of carbonyl (C=O) groups excluding carboxylic acids is 1. The summed E-state index contributed by atoms with van der Waals surface area (Å²) < 4.78 is 5.23. The lowest BCUT2D eigenvalue weighted by molar-refractivity contribution is 0.0766.